The van der Waals surface area contributed by atoms with E-state index in [1.807, 2.05) is 30.3 Å². The SMILES string of the molecule is Brc1ccccc1.Nc1ccn(SCc2ccc(F)cc2)n1. The molecule has 3 rings (SSSR count). The van der Waals surface area contributed by atoms with Crippen LogP contribution in [0.4, 0.5) is 10.2 Å². The van der Waals surface area contributed by atoms with Crippen molar-refractivity contribution in [1.29, 1.82) is 0 Å². The molecule has 0 amide bonds. The Bertz CT molecular complexity index is 686. The Kier molecular flexibility index (Phi) is 6.48. The van der Waals surface area contributed by atoms with E-state index in [9.17, 15) is 4.39 Å². The fourth-order valence-electron chi connectivity index (χ4n) is 1.53. The standard InChI is InChI=1S/C10H10FN3S.C6H5Br/c11-9-3-1-8(2-4-9)7-15-14-6-5-10(12)13-14;7-6-4-2-1-3-5-6/h1-6H,7H2,(H2,12,13);1-5H. The Balaban J connectivity index is 0.000000211. The van der Waals surface area contributed by atoms with Crippen LogP contribution in [-0.2, 0) is 5.75 Å². The molecule has 22 heavy (non-hydrogen) atoms. The van der Waals surface area contributed by atoms with Crippen LogP contribution in [0.5, 0.6) is 0 Å². The molecule has 0 aliphatic rings. The first-order valence-electron chi connectivity index (χ1n) is 6.53. The first kappa shape index (κ1) is 16.6. The van der Waals surface area contributed by atoms with Gasteiger partial charge >= 0.3 is 0 Å². The summed E-state index contributed by atoms with van der Waals surface area (Å²) in [6.07, 6.45) is 1.80. The van der Waals surface area contributed by atoms with E-state index in [1.54, 1.807) is 28.5 Å². The van der Waals surface area contributed by atoms with Crippen molar-refractivity contribution in [1.82, 2.24) is 9.19 Å². The van der Waals surface area contributed by atoms with E-state index in [4.69, 9.17) is 5.73 Å². The van der Waals surface area contributed by atoms with Crippen LogP contribution in [0.3, 0.4) is 0 Å². The van der Waals surface area contributed by atoms with Crippen molar-refractivity contribution >= 4 is 33.7 Å². The van der Waals surface area contributed by atoms with E-state index in [0.29, 0.717) is 5.82 Å². The molecule has 0 unspecified atom stereocenters. The minimum absolute atomic E-state index is 0.216. The Hall–Kier alpha value is -1.79. The molecule has 1 heterocycles. The number of nitrogen functional groups attached to an aromatic ring is 1. The van der Waals surface area contributed by atoms with Crippen molar-refractivity contribution in [3.63, 3.8) is 0 Å². The smallest absolute Gasteiger partial charge is 0.146 e. The summed E-state index contributed by atoms with van der Waals surface area (Å²) in [4.78, 5) is 0. The number of aromatic nitrogens is 2. The number of benzene rings is 2. The zero-order chi connectivity index (χ0) is 15.8. The largest absolute Gasteiger partial charge is 0.382 e. The molecule has 0 aliphatic carbocycles. The lowest BCUT2D eigenvalue weighted by atomic mass is 10.2. The Labute approximate surface area is 141 Å². The first-order chi connectivity index (χ1) is 10.6. The lowest BCUT2D eigenvalue weighted by Crippen LogP contribution is -1.92. The van der Waals surface area contributed by atoms with E-state index in [-0.39, 0.29) is 5.82 Å². The predicted molar refractivity (Wildman–Crippen MR) is 93.9 cm³/mol. The first-order valence-corrected chi connectivity index (χ1v) is 8.26. The fraction of sp³-hybridized carbons (Fsp3) is 0.0625. The summed E-state index contributed by atoms with van der Waals surface area (Å²) in [6.45, 7) is 0. The molecule has 0 aliphatic heterocycles. The summed E-state index contributed by atoms with van der Waals surface area (Å²) >= 11 is 4.81. The third-order valence-electron chi connectivity index (χ3n) is 2.60. The average Bonchev–Trinajstić information content (AvgIpc) is 2.94. The molecule has 6 heteroatoms. The van der Waals surface area contributed by atoms with E-state index in [0.717, 1.165) is 15.8 Å². The summed E-state index contributed by atoms with van der Waals surface area (Å²) in [6, 6.07) is 18.1. The molecule has 3 nitrogen and oxygen atoms in total. The van der Waals surface area contributed by atoms with Crippen LogP contribution < -0.4 is 5.73 Å². The van der Waals surface area contributed by atoms with Crippen LogP contribution in [0.1, 0.15) is 5.56 Å². The number of nitrogens with two attached hydrogens (primary N) is 1. The average molecular weight is 380 g/mol. The van der Waals surface area contributed by atoms with E-state index < -0.39 is 0 Å². The van der Waals surface area contributed by atoms with Crippen molar-refractivity contribution in [3.8, 4) is 0 Å². The van der Waals surface area contributed by atoms with Crippen LogP contribution >= 0.6 is 27.9 Å². The van der Waals surface area contributed by atoms with Crippen LogP contribution in [0.2, 0.25) is 0 Å². The van der Waals surface area contributed by atoms with Crippen LogP contribution in [0.15, 0.2) is 71.3 Å². The molecule has 114 valence electrons. The number of anilines is 1. The van der Waals surface area contributed by atoms with Gasteiger partial charge in [0.1, 0.15) is 11.6 Å². The highest BCUT2D eigenvalue weighted by Gasteiger charge is 1.97. The summed E-state index contributed by atoms with van der Waals surface area (Å²) in [5.41, 5.74) is 6.52. The second kappa shape index (κ2) is 8.60. The van der Waals surface area contributed by atoms with Crippen molar-refractivity contribution in [2.24, 2.45) is 0 Å². The van der Waals surface area contributed by atoms with Gasteiger partial charge in [0, 0.05) is 22.5 Å². The summed E-state index contributed by atoms with van der Waals surface area (Å²) in [5, 5.41) is 4.03. The molecular formula is C16H15BrFN3S. The van der Waals surface area contributed by atoms with Gasteiger partial charge < -0.3 is 5.73 Å². The quantitative estimate of drug-likeness (QED) is 0.713. The highest BCUT2D eigenvalue weighted by molar-refractivity contribution is 9.10. The van der Waals surface area contributed by atoms with Gasteiger partial charge in [-0.3, -0.25) is 0 Å². The molecule has 0 fully saturated rings. The molecule has 0 bridgehead atoms. The maximum Gasteiger partial charge on any atom is 0.146 e. The highest BCUT2D eigenvalue weighted by atomic mass is 79.9. The van der Waals surface area contributed by atoms with Crippen LogP contribution in [0, 0.1) is 5.82 Å². The lowest BCUT2D eigenvalue weighted by molar-refractivity contribution is 0.627. The second-order valence-electron chi connectivity index (χ2n) is 4.34. The number of hydrogen-bond donors (Lipinski definition) is 1. The molecule has 2 N–H and O–H groups in total. The lowest BCUT2D eigenvalue weighted by Gasteiger charge is -2.00. The van der Waals surface area contributed by atoms with Crippen molar-refractivity contribution < 1.29 is 4.39 Å². The predicted octanol–water partition coefficient (Wildman–Crippen LogP) is 4.75. The van der Waals surface area contributed by atoms with Gasteiger partial charge in [-0.15, -0.1) is 5.10 Å². The third-order valence-corrected chi connectivity index (χ3v) is 4.06. The Morgan fingerprint density at radius 2 is 1.73 bits per heavy atom. The van der Waals surface area contributed by atoms with Gasteiger partial charge in [0.15, 0.2) is 0 Å². The van der Waals surface area contributed by atoms with E-state index in [1.165, 1.54) is 24.1 Å². The number of nitrogens with zero attached hydrogens (tertiary/aromatic N) is 2. The van der Waals surface area contributed by atoms with Gasteiger partial charge in [0.2, 0.25) is 0 Å². The van der Waals surface area contributed by atoms with Gasteiger partial charge in [0.05, 0.1) is 0 Å². The fourth-order valence-corrected chi connectivity index (χ4v) is 2.61. The van der Waals surface area contributed by atoms with E-state index >= 15 is 0 Å². The maximum absolute atomic E-state index is 12.6. The topological polar surface area (TPSA) is 43.8 Å². The van der Waals surface area contributed by atoms with Crippen LogP contribution in [0.25, 0.3) is 0 Å². The minimum atomic E-state index is -0.216. The van der Waals surface area contributed by atoms with Crippen LogP contribution in [-0.4, -0.2) is 9.19 Å². The molecule has 0 saturated heterocycles. The number of rotatable bonds is 3. The summed E-state index contributed by atoms with van der Waals surface area (Å²) < 4.78 is 15.4. The molecule has 0 spiro atoms. The zero-order valence-corrected chi connectivity index (χ0v) is 14.1. The van der Waals surface area contributed by atoms with Crippen molar-refractivity contribution in [2.45, 2.75) is 5.75 Å². The normalized spacial score (nSPS) is 9.91. The summed E-state index contributed by atoms with van der Waals surface area (Å²) in [5.74, 6) is 1.02. The zero-order valence-electron chi connectivity index (χ0n) is 11.7. The van der Waals surface area contributed by atoms with Crippen molar-refractivity contribution in [3.05, 3.63) is 82.7 Å². The molecule has 1 aromatic heterocycles. The van der Waals surface area contributed by atoms with Gasteiger partial charge in [0.25, 0.3) is 0 Å². The van der Waals surface area contributed by atoms with Crippen molar-refractivity contribution in [2.75, 3.05) is 5.73 Å². The third kappa shape index (κ3) is 5.91. The van der Waals surface area contributed by atoms with E-state index in [2.05, 4.69) is 21.0 Å². The second-order valence-corrected chi connectivity index (χ2v) is 6.18. The molecule has 0 saturated carbocycles. The van der Waals surface area contributed by atoms with Gasteiger partial charge in [-0.25, -0.2) is 8.48 Å². The molecule has 0 radical (unpaired) electrons. The molecule has 0 atom stereocenters. The molecule has 3 aromatic rings. The molecular weight excluding hydrogens is 365 g/mol. The summed E-state index contributed by atoms with van der Waals surface area (Å²) in [7, 11) is 0. The van der Waals surface area contributed by atoms with Gasteiger partial charge in [-0.1, -0.05) is 46.3 Å². The number of halogens is 2. The maximum atomic E-state index is 12.6. The van der Waals surface area contributed by atoms with Gasteiger partial charge in [-0.05, 0) is 41.8 Å². The minimum Gasteiger partial charge on any atom is -0.382 e. The number of hydrogen-bond acceptors (Lipinski definition) is 3. The monoisotopic (exact) mass is 379 g/mol. The molecule has 2 aromatic carbocycles. The highest BCUT2D eigenvalue weighted by Crippen LogP contribution is 2.15. The van der Waals surface area contributed by atoms with Gasteiger partial charge in [-0.2, -0.15) is 0 Å². The Morgan fingerprint density at radius 3 is 2.23 bits per heavy atom. The Morgan fingerprint density at radius 1 is 1.05 bits per heavy atom.